The number of benzene rings is 3. The zero-order valence-electron chi connectivity index (χ0n) is 16.3. The summed E-state index contributed by atoms with van der Waals surface area (Å²) in [6.07, 6.45) is 0. The lowest BCUT2D eigenvalue weighted by Crippen LogP contribution is -2.43. The Morgan fingerprint density at radius 2 is 1.21 bits per heavy atom. The first-order chi connectivity index (χ1) is 13.2. The van der Waals surface area contributed by atoms with Gasteiger partial charge in [-0.3, -0.25) is 10.1 Å². The van der Waals surface area contributed by atoms with E-state index in [0.29, 0.717) is 0 Å². The molecular weight excluding hydrogens is 368 g/mol. The fourth-order valence-electron chi connectivity index (χ4n) is 3.31. The first-order valence-electron chi connectivity index (χ1n) is 9.37. The Bertz CT molecular complexity index is 799. The smallest absolute Gasteiger partial charge is 0.241 e. The van der Waals surface area contributed by atoms with Crippen LogP contribution in [0, 0.1) is 0 Å². The summed E-state index contributed by atoms with van der Waals surface area (Å²) in [5.74, 6) is 0.0630. The van der Waals surface area contributed by atoms with Crippen LogP contribution in [-0.2, 0) is 4.79 Å². The molecule has 1 N–H and O–H groups in total. The Hall–Kier alpha value is -2.62. The van der Waals surface area contributed by atoms with Gasteiger partial charge in [0.15, 0.2) is 0 Å². The molecule has 0 heterocycles. The Kier molecular flexibility index (Phi) is 8.24. The fraction of sp³-hybridized carbons (Fsp3) is 0.208. The van der Waals surface area contributed by atoms with Crippen molar-refractivity contribution in [2.45, 2.75) is 25.9 Å². The van der Waals surface area contributed by atoms with Crippen molar-refractivity contribution in [2.75, 3.05) is 11.4 Å². The SMILES string of the molecule is CC(C)N(C(=O)CNC(c1ccccc1)c1ccccc1)c1ccccc1.Cl. The lowest BCUT2D eigenvalue weighted by atomic mass is 9.99. The second-order valence-corrected chi connectivity index (χ2v) is 6.83. The van der Waals surface area contributed by atoms with Crippen molar-refractivity contribution in [3.8, 4) is 0 Å². The van der Waals surface area contributed by atoms with E-state index in [9.17, 15) is 4.79 Å². The van der Waals surface area contributed by atoms with Gasteiger partial charge in [-0.1, -0.05) is 78.9 Å². The number of rotatable bonds is 7. The van der Waals surface area contributed by atoms with Crippen molar-refractivity contribution in [1.29, 1.82) is 0 Å². The van der Waals surface area contributed by atoms with Gasteiger partial charge in [0.25, 0.3) is 0 Å². The third-order valence-corrected chi connectivity index (χ3v) is 4.54. The zero-order valence-corrected chi connectivity index (χ0v) is 17.1. The molecule has 0 spiro atoms. The summed E-state index contributed by atoms with van der Waals surface area (Å²) in [5.41, 5.74) is 3.22. The second-order valence-electron chi connectivity index (χ2n) is 6.83. The van der Waals surface area contributed by atoms with Gasteiger partial charge >= 0.3 is 0 Å². The van der Waals surface area contributed by atoms with Crippen LogP contribution in [-0.4, -0.2) is 18.5 Å². The molecule has 3 nitrogen and oxygen atoms in total. The normalized spacial score (nSPS) is 10.6. The van der Waals surface area contributed by atoms with E-state index in [-0.39, 0.29) is 36.9 Å². The average molecular weight is 395 g/mol. The molecule has 0 fully saturated rings. The molecule has 0 unspecified atom stereocenters. The highest BCUT2D eigenvalue weighted by Gasteiger charge is 2.21. The summed E-state index contributed by atoms with van der Waals surface area (Å²) >= 11 is 0. The standard InChI is InChI=1S/C24H26N2O.ClH/c1-19(2)26(22-16-10-5-11-17-22)23(27)18-25-24(20-12-6-3-7-13-20)21-14-8-4-9-15-21;/h3-17,19,24-25H,18H2,1-2H3;1H. The number of anilines is 1. The lowest BCUT2D eigenvalue weighted by Gasteiger charge is -2.28. The highest BCUT2D eigenvalue weighted by atomic mass is 35.5. The first-order valence-corrected chi connectivity index (χ1v) is 9.37. The molecule has 4 heteroatoms. The minimum atomic E-state index is -0.0267. The van der Waals surface area contributed by atoms with Crippen LogP contribution < -0.4 is 10.2 Å². The van der Waals surface area contributed by atoms with Crippen LogP contribution in [0.2, 0.25) is 0 Å². The van der Waals surface area contributed by atoms with E-state index in [4.69, 9.17) is 0 Å². The van der Waals surface area contributed by atoms with Crippen molar-refractivity contribution >= 4 is 24.0 Å². The Morgan fingerprint density at radius 3 is 1.64 bits per heavy atom. The summed E-state index contributed by atoms with van der Waals surface area (Å²) in [5, 5.41) is 3.47. The molecule has 0 bridgehead atoms. The molecule has 0 radical (unpaired) electrons. The van der Waals surface area contributed by atoms with Crippen molar-refractivity contribution in [2.24, 2.45) is 0 Å². The maximum absolute atomic E-state index is 13.0. The lowest BCUT2D eigenvalue weighted by molar-refractivity contribution is -0.118. The van der Waals surface area contributed by atoms with Crippen molar-refractivity contribution < 1.29 is 4.79 Å². The average Bonchev–Trinajstić information content (AvgIpc) is 2.70. The zero-order chi connectivity index (χ0) is 19.1. The van der Waals surface area contributed by atoms with Gasteiger partial charge in [0.1, 0.15) is 0 Å². The van der Waals surface area contributed by atoms with Crippen molar-refractivity contribution in [3.63, 3.8) is 0 Å². The molecule has 28 heavy (non-hydrogen) atoms. The number of amides is 1. The van der Waals surface area contributed by atoms with E-state index in [2.05, 4.69) is 29.6 Å². The van der Waals surface area contributed by atoms with E-state index in [1.807, 2.05) is 85.5 Å². The van der Waals surface area contributed by atoms with Crippen LogP contribution in [0.25, 0.3) is 0 Å². The number of nitrogens with zero attached hydrogens (tertiary/aromatic N) is 1. The number of para-hydroxylation sites is 1. The molecule has 0 saturated heterocycles. The molecular formula is C24H27ClN2O. The molecule has 3 aromatic rings. The summed E-state index contributed by atoms with van der Waals surface area (Å²) < 4.78 is 0. The molecule has 0 aliphatic heterocycles. The molecule has 0 aliphatic rings. The van der Waals surface area contributed by atoms with Crippen molar-refractivity contribution in [1.82, 2.24) is 5.32 Å². The third-order valence-electron chi connectivity index (χ3n) is 4.54. The Balaban J connectivity index is 0.00000280. The van der Waals surface area contributed by atoms with Crippen LogP contribution >= 0.6 is 12.4 Å². The van der Waals surface area contributed by atoms with Crippen LogP contribution in [0.3, 0.4) is 0 Å². The predicted molar refractivity (Wildman–Crippen MR) is 119 cm³/mol. The van der Waals surface area contributed by atoms with E-state index in [1.54, 1.807) is 0 Å². The van der Waals surface area contributed by atoms with Gasteiger partial charge in [-0.2, -0.15) is 0 Å². The number of halogens is 1. The highest BCUT2D eigenvalue weighted by molar-refractivity contribution is 5.95. The van der Waals surface area contributed by atoms with Crippen molar-refractivity contribution in [3.05, 3.63) is 102 Å². The Labute approximate surface area is 173 Å². The molecule has 1 amide bonds. The van der Waals surface area contributed by atoms with Gasteiger partial charge in [-0.25, -0.2) is 0 Å². The number of hydrogen-bond acceptors (Lipinski definition) is 2. The topological polar surface area (TPSA) is 32.3 Å². The maximum Gasteiger partial charge on any atom is 0.241 e. The minimum Gasteiger partial charge on any atom is -0.309 e. The van der Waals surface area contributed by atoms with E-state index in [1.165, 1.54) is 0 Å². The fourth-order valence-corrected chi connectivity index (χ4v) is 3.31. The quantitative estimate of drug-likeness (QED) is 0.595. The van der Waals surface area contributed by atoms with Crippen LogP contribution in [0.4, 0.5) is 5.69 Å². The largest absolute Gasteiger partial charge is 0.309 e. The summed E-state index contributed by atoms with van der Waals surface area (Å²) in [6.45, 7) is 4.34. The van der Waals surface area contributed by atoms with Gasteiger partial charge in [-0.05, 0) is 37.1 Å². The van der Waals surface area contributed by atoms with E-state index in [0.717, 1.165) is 16.8 Å². The number of nitrogens with one attached hydrogen (secondary N) is 1. The van der Waals surface area contributed by atoms with Gasteiger partial charge in [-0.15, -0.1) is 12.4 Å². The number of hydrogen-bond donors (Lipinski definition) is 1. The highest BCUT2D eigenvalue weighted by Crippen LogP contribution is 2.22. The van der Waals surface area contributed by atoms with Gasteiger partial charge in [0.2, 0.25) is 5.91 Å². The molecule has 146 valence electrons. The first kappa shape index (κ1) is 21.7. The molecule has 3 rings (SSSR count). The van der Waals surface area contributed by atoms with Crippen LogP contribution in [0.15, 0.2) is 91.0 Å². The second kappa shape index (κ2) is 10.6. The summed E-state index contributed by atoms with van der Waals surface area (Å²) in [4.78, 5) is 14.9. The maximum atomic E-state index is 13.0. The minimum absolute atomic E-state index is 0. The van der Waals surface area contributed by atoms with E-state index < -0.39 is 0 Å². The monoisotopic (exact) mass is 394 g/mol. The molecule has 0 aliphatic carbocycles. The predicted octanol–water partition coefficient (Wildman–Crippen LogP) is 5.23. The van der Waals surface area contributed by atoms with Crippen LogP contribution in [0.1, 0.15) is 31.0 Å². The molecule has 0 atom stereocenters. The van der Waals surface area contributed by atoms with Gasteiger partial charge in [0, 0.05) is 11.7 Å². The summed E-state index contributed by atoms with van der Waals surface area (Å²) in [6, 6.07) is 30.4. The number of carbonyl (C=O) groups excluding carboxylic acids is 1. The molecule has 0 aromatic heterocycles. The number of carbonyl (C=O) groups is 1. The van der Waals surface area contributed by atoms with Gasteiger partial charge in [0.05, 0.1) is 12.6 Å². The molecule has 0 saturated carbocycles. The van der Waals surface area contributed by atoms with Crippen LogP contribution in [0.5, 0.6) is 0 Å². The van der Waals surface area contributed by atoms with E-state index >= 15 is 0 Å². The summed E-state index contributed by atoms with van der Waals surface area (Å²) in [7, 11) is 0. The van der Waals surface area contributed by atoms with Gasteiger partial charge < -0.3 is 4.90 Å². The molecule has 3 aromatic carbocycles. The third kappa shape index (κ3) is 5.44. The Morgan fingerprint density at radius 1 is 0.786 bits per heavy atom.